The van der Waals surface area contributed by atoms with E-state index in [4.69, 9.17) is 0 Å². The van der Waals surface area contributed by atoms with Gasteiger partial charge in [0.15, 0.2) is 0 Å². The Balaban J connectivity index is 1.82. The Bertz CT molecular complexity index is 250. The second-order valence-electron chi connectivity index (χ2n) is 4.93. The number of hydrogen-bond donors (Lipinski definition) is 1. The van der Waals surface area contributed by atoms with Crippen molar-refractivity contribution in [2.24, 2.45) is 0 Å². The lowest BCUT2D eigenvalue weighted by Crippen LogP contribution is -2.48. The Hall–Kier alpha value is -0.570. The van der Waals surface area contributed by atoms with Crippen molar-refractivity contribution < 1.29 is 4.79 Å². The van der Waals surface area contributed by atoms with Gasteiger partial charge in [-0.3, -0.25) is 9.69 Å². The first-order chi connectivity index (χ1) is 6.84. The number of carbonyl (C=O) groups is 1. The van der Waals surface area contributed by atoms with Gasteiger partial charge in [-0.25, -0.2) is 0 Å². The Morgan fingerprint density at radius 2 is 1.86 bits per heavy atom. The Morgan fingerprint density at radius 1 is 1.07 bits per heavy atom. The molecule has 0 radical (unpaired) electrons. The molecule has 2 saturated heterocycles. The molecule has 3 aliphatic rings. The molecule has 0 aromatic carbocycles. The van der Waals surface area contributed by atoms with Crippen molar-refractivity contribution in [3.63, 3.8) is 0 Å². The van der Waals surface area contributed by atoms with Gasteiger partial charge in [-0.05, 0) is 25.7 Å². The van der Waals surface area contributed by atoms with Gasteiger partial charge < -0.3 is 5.32 Å². The third-order valence-corrected chi connectivity index (χ3v) is 3.84. The van der Waals surface area contributed by atoms with E-state index < -0.39 is 0 Å². The van der Waals surface area contributed by atoms with E-state index >= 15 is 0 Å². The van der Waals surface area contributed by atoms with Crippen molar-refractivity contribution in [1.29, 1.82) is 0 Å². The van der Waals surface area contributed by atoms with Crippen LogP contribution in [0.25, 0.3) is 0 Å². The Morgan fingerprint density at radius 3 is 2.64 bits per heavy atom. The zero-order valence-corrected chi connectivity index (χ0v) is 8.54. The summed E-state index contributed by atoms with van der Waals surface area (Å²) in [7, 11) is 0. The molecule has 1 N–H and O–H groups in total. The smallest absolute Gasteiger partial charge is 0.221 e. The lowest BCUT2D eigenvalue weighted by molar-refractivity contribution is -0.121. The van der Waals surface area contributed by atoms with Crippen molar-refractivity contribution in [1.82, 2.24) is 10.2 Å². The first-order valence-electron chi connectivity index (χ1n) is 5.89. The predicted molar refractivity (Wildman–Crippen MR) is 53.9 cm³/mol. The minimum absolute atomic E-state index is 0.269. The van der Waals surface area contributed by atoms with Crippen molar-refractivity contribution in [2.45, 2.75) is 56.7 Å². The fourth-order valence-corrected chi connectivity index (χ4v) is 3.09. The maximum Gasteiger partial charge on any atom is 0.221 e. The number of nitrogens with one attached hydrogen (secondary N) is 1. The van der Waals surface area contributed by atoms with Crippen LogP contribution in [0.4, 0.5) is 0 Å². The molecular formula is C11H18N2O. The van der Waals surface area contributed by atoms with Crippen molar-refractivity contribution >= 4 is 5.91 Å². The van der Waals surface area contributed by atoms with Crippen molar-refractivity contribution in [3.05, 3.63) is 0 Å². The summed E-state index contributed by atoms with van der Waals surface area (Å²) in [5.41, 5.74) is 0. The topological polar surface area (TPSA) is 32.3 Å². The van der Waals surface area contributed by atoms with Gasteiger partial charge in [0.2, 0.25) is 5.91 Å². The minimum Gasteiger partial charge on any atom is -0.354 e. The van der Waals surface area contributed by atoms with Crippen LogP contribution in [0.5, 0.6) is 0 Å². The van der Waals surface area contributed by atoms with Gasteiger partial charge in [0.05, 0.1) is 0 Å². The van der Waals surface area contributed by atoms with Crippen LogP contribution >= 0.6 is 0 Å². The molecule has 3 rings (SSSR count). The highest BCUT2D eigenvalue weighted by atomic mass is 16.1. The van der Waals surface area contributed by atoms with Crippen LogP contribution in [0.15, 0.2) is 0 Å². The first-order valence-corrected chi connectivity index (χ1v) is 5.89. The number of nitrogens with zero attached hydrogens (tertiary/aromatic N) is 1. The summed E-state index contributed by atoms with van der Waals surface area (Å²) in [5.74, 6) is 0.269. The van der Waals surface area contributed by atoms with Gasteiger partial charge >= 0.3 is 0 Å². The summed E-state index contributed by atoms with van der Waals surface area (Å²) < 4.78 is 0. The van der Waals surface area contributed by atoms with Gasteiger partial charge in [0, 0.05) is 31.1 Å². The fraction of sp³-hybridized carbons (Fsp3) is 0.909. The van der Waals surface area contributed by atoms with E-state index in [1.165, 1.54) is 32.1 Å². The first kappa shape index (κ1) is 8.72. The summed E-state index contributed by atoms with van der Waals surface area (Å²) in [6.07, 6.45) is 7.30. The van der Waals surface area contributed by atoms with Crippen LogP contribution in [-0.4, -0.2) is 35.5 Å². The number of carbonyl (C=O) groups excluding carboxylic acids is 1. The van der Waals surface area contributed by atoms with Crippen LogP contribution in [0.1, 0.15) is 38.5 Å². The molecular weight excluding hydrogens is 176 g/mol. The van der Waals surface area contributed by atoms with Gasteiger partial charge in [0.1, 0.15) is 0 Å². The molecule has 1 saturated carbocycles. The van der Waals surface area contributed by atoms with Crippen molar-refractivity contribution in [3.8, 4) is 0 Å². The highest BCUT2D eigenvalue weighted by molar-refractivity contribution is 5.77. The lowest BCUT2D eigenvalue weighted by Gasteiger charge is -2.40. The molecule has 1 aliphatic carbocycles. The molecule has 2 heterocycles. The highest BCUT2D eigenvalue weighted by Crippen LogP contribution is 2.37. The minimum atomic E-state index is 0.269. The quantitative estimate of drug-likeness (QED) is 0.672. The largest absolute Gasteiger partial charge is 0.354 e. The molecule has 0 spiro atoms. The van der Waals surface area contributed by atoms with Crippen LogP contribution in [-0.2, 0) is 4.79 Å². The van der Waals surface area contributed by atoms with Gasteiger partial charge in [-0.1, -0.05) is 6.42 Å². The molecule has 3 nitrogen and oxygen atoms in total. The van der Waals surface area contributed by atoms with Gasteiger partial charge in [0.25, 0.3) is 0 Å². The SMILES string of the molecule is O=C1C[C@H]2CCC[C@H](CN1)N2C1CC1. The molecule has 14 heavy (non-hydrogen) atoms. The van der Waals surface area contributed by atoms with Crippen LogP contribution in [0.2, 0.25) is 0 Å². The molecule has 2 aliphatic heterocycles. The number of fused-ring (bicyclic) bond motifs is 2. The number of hydrogen-bond acceptors (Lipinski definition) is 2. The molecule has 78 valence electrons. The second kappa shape index (κ2) is 3.23. The number of rotatable bonds is 1. The molecule has 2 atom stereocenters. The number of amides is 1. The molecule has 1 amide bonds. The zero-order chi connectivity index (χ0) is 9.54. The van der Waals surface area contributed by atoms with E-state index in [9.17, 15) is 4.79 Å². The molecule has 3 fully saturated rings. The fourth-order valence-electron chi connectivity index (χ4n) is 3.09. The standard InChI is InChI=1S/C11H18N2O/c14-11-6-9-2-1-3-10(7-12-11)13(9)8-4-5-8/h8-10H,1-7H2,(H,12,14)/t9-,10-/m1/s1. The molecule has 0 aromatic rings. The average molecular weight is 194 g/mol. The third-order valence-electron chi connectivity index (χ3n) is 3.84. The van der Waals surface area contributed by atoms with Crippen molar-refractivity contribution in [2.75, 3.05) is 6.54 Å². The van der Waals surface area contributed by atoms with Crippen LogP contribution < -0.4 is 5.32 Å². The predicted octanol–water partition coefficient (Wildman–Crippen LogP) is 0.892. The van der Waals surface area contributed by atoms with E-state index in [0.29, 0.717) is 12.1 Å². The second-order valence-corrected chi connectivity index (χ2v) is 4.93. The van der Waals surface area contributed by atoms with Crippen LogP contribution in [0.3, 0.4) is 0 Å². The van der Waals surface area contributed by atoms with E-state index in [-0.39, 0.29) is 5.91 Å². The maximum absolute atomic E-state index is 11.5. The third kappa shape index (κ3) is 1.44. The maximum atomic E-state index is 11.5. The zero-order valence-electron chi connectivity index (χ0n) is 8.54. The Labute approximate surface area is 84.8 Å². The normalized spacial score (nSPS) is 39.0. The van der Waals surface area contributed by atoms with E-state index in [2.05, 4.69) is 10.2 Å². The average Bonchev–Trinajstić information content (AvgIpc) is 2.96. The van der Waals surface area contributed by atoms with Gasteiger partial charge in [-0.15, -0.1) is 0 Å². The van der Waals surface area contributed by atoms with E-state index in [1.807, 2.05) is 0 Å². The lowest BCUT2D eigenvalue weighted by atomic mass is 9.94. The Kier molecular flexibility index (Phi) is 2.01. The molecule has 2 bridgehead atoms. The van der Waals surface area contributed by atoms with E-state index in [0.717, 1.165) is 19.0 Å². The monoisotopic (exact) mass is 194 g/mol. The summed E-state index contributed by atoms with van der Waals surface area (Å²) in [6.45, 7) is 0.895. The summed E-state index contributed by atoms with van der Waals surface area (Å²) in [6, 6.07) is 2.02. The highest BCUT2D eigenvalue weighted by Gasteiger charge is 2.42. The summed E-state index contributed by atoms with van der Waals surface area (Å²) in [4.78, 5) is 14.1. The molecule has 3 heteroatoms. The number of piperidine rings is 1. The summed E-state index contributed by atoms with van der Waals surface area (Å²) in [5, 5.41) is 3.05. The summed E-state index contributed by atoms with van der Waals surface area (Å²) >= 11 is 0. The van der Waals surface area contributed by atoms with E-state index in [1.54, 1.807) is 0 Å². The molecule has 0 aromatic heterocycles. The van der Waals surface area contributed by atoms with Crippen LogP contribution in [0, 0.1) is 0 Å². The molecule has 0 unspecified atom stereocenters. The van der Waals surface area contributed by atoms with Gasteiger partial charge in [-0.2, -0.15) is 0 Å².